The number of hydrogen-bond acceptors (Lipinski definition) is 6. The van der Waals surface area contributed by atoms with Crippen LogP contribution in [0.25, 0.3) is 0 Å². The molecule has 3 aliphatic heterocycles. The fraction of sp³-hybridized carbons (Fsp3) is 0.611. The summed E-state index contributed by atoms with van der Waals surface area (Å²) in [4.78, 5) is 12.8. The normalized spacial score (nSPS) is 37.0. The van der Waals surface area contributed by atoms with Gasteiger partial charge >= 0.3 is 0 Å². The molecule has 1 amide bonds. The number of halogens is 1. The van der Waals surface area contributed by atoms with E-state index < -0.39 is 48.2 Å². The number of carbonyl (C=O) groups excluding carboxylic acids is 1. The molecule has 7 nitrogen and oxygen atoms in total. The Balaban J connectivity index is 1.57. The molecule has 0 unspecified atom stereocenters. The van der Waals surface area contributed by atoms with Gasteiger partial charge in [-0.3, -0.25) is 4.79 Å². The molecule has 5 atom stereocenters. The third-order valence-electron chi connectivity index (χ3n) is 4.52. The molecule has 0 aliphatic carbocycles. The Hall–Kier alpha value is -1.58. The lowest BCUT2D eigenvalue weighted by Crippen LogP contribution is -2.58. The predicted molar refractivity (Wildman–Crippen MR) is 87.6 cm³/mol. The van der Waals surface area contributed by atoms with Gasteiger partial charge < -0.3 is 29.0 Å². The number of anilines is 1. The average molecular weight is 367 g/mol. The zero-order chi connectivity index (χ0) is 18.7. The first kappa shape index (κ1) is 17.8. The van der Waals surface area contributed by atoms with E-state index in [2.05, 4.69) is 5.32 Å². The van der Waals surface area contributed by atoms with E-state index in [-0.39, 0.29) is 5.82 Å². The topological polar surface area (TPSA) is 75.3 Å². The predicted octanol–water partition coefficient (Wildman–Crippen LogP) is 2.16. The van der Waals surface area contributed by atoms with Gasteiger partial charge in [-0.1, -0.05) is 0 Å². The van der Waals surface area contributed by atoms with Crippen molar-refractivity contribution in [3.63, 3.8) is 0 Å². The molecule has 0 bridgehead atoms. The zero-order valence-corrected chi connectivity index (χ0v) is 15.0. The highest BCUT2D eigenvalue weighted by Crippen LogP contribution is 2.44. The molecule has 1 aromatic carbocycles. The first-order valence-electron chi connectivity index (χ1n) is 8.57. The molecule has 3 saturated heterocycles. The van der Waals surface area contributed by atoms with Crippen LogP contribution in [0.2, 0.25) is 0 Å². The first-order chi connectivity index (χ1) is 12.1. The van der Waals surface area contributed by atoms with Gasteiger partial charge in [-0.25, -0.2) is 4.39 Å². The molecule has 26 heavy (non-hydrogen) atoms. The summed E-state index contributed by atoms with van der Waals surface area (Å²) in [5.74, 6) is -2.52. The second-order valence-corrected chi connectivity index (χ2v) is 7.59. The maximum absolute atomic E-state index is 13.1. The Morgan fingerprint density at radius 3 is 2.19 bits per heavy atom. The van der Waals surface area contributed by atoms with Crippen LogP contribution in [-0.4, -0.2) is 48.2 Å². The summed E-state index contributed by atoms with van der Waals surface area (Å²) in [6.45, 7) is 7.10. The number of hydrogen-bond donors (Lipinski definition) is 1. The lowest BCUT2D eigenvalue weighted by molar-refractivity contribution is -0.229. The first-order valence-corrected chi connectivity index (χ1v) is 8.57. The van der Waals surface area contributed by atoms with Gasteiger partial charge in [-0.2, -0.15) is 0 Å². The SMILES string of the molecule is CC1(C)O[C@@H]2O[C@@H](C(=O)Nc3ccc(F)cc3)[C@H]3OC(C)(C)O[C@H]3[C@H]2O1. The number of amides is 1. The summed E-state index contributed by atoms with van der Waals surface area (Å²) in [6, 6.07) is 5.49. The van der Waals surface area contributed by atoms with Gasteiger partial charge in [0.05, 0.1) is 0 Å². The highest BCUT2D eigenvalue weighted by molar-refractivity contribution is 5.94. The van der Waals surface area contributed by atoms with E-state index in [1.807, 2.05) is 0 Å². The minimum Gasteiger partial charge on any atom is -0.342 e. The standard InChI is InChI=1S/C18H22FNO6/c1-17(2)23-11-12(24-17)14-16(26-18(3,4)25-14)22-13(11)15(21)20-10-7-5-9(19)6-8-10/h5-8,11-14,16H,1-4H3,(H,20,21)/t11-,12+,13+,14+,16-/m0/s1. The smallest absolute Gasteiger partial charge is 0.256 e. The van der Waals surface area contributed by atoms with Crippen LogP contribution in [0.5, 0.6) is 0 Å². The number of benzene rings is 1. The number of ether oxygens (including phenoxy) is 5. The minimum atomic E-state index is -0.953. The zero-order valence-electron chi connectivity index (χ0n) is 15.0. The van der Waals surface area contributed by atoms with E-state index >= 15 is 0 Å². The summed E-state index contributed by atoms with van der Waals surface area (Å²) in [7, 11) is 0. The van der Waals surface area contributed by atoms with Crippen LogP contribution in [0.3, 0.4) is 0 Å². The fourth-order valence-corrected chi connectivity index (χ4v) is 3.57. The Morgan fingerprint density at radius 2 is 1.50 bits per heavy atom. The van der Waals surface area contributed by atoms with Crippen LogP contribution < -0.4 is 5.32 Å². The maximum Gasteiger partial charge on any atom is 0.256 e. The summed E-state index contributed by atoms with van der Waals surface area (Å²) < 4.78 is 42.5. The molecule has 3 fully saturated rings. The van der Waals surface area contributed by atoms with Crippen molar-refractivity contribution in [2.24, 2.45) is 0 Å². The average Bonchev–Trinajstić information content (AvgIpc) is 3.02. The van der Waals surface area contributed by atoms with Crippen LogP contribution in [0.15, 0.2) is 24.3 Å². The lowest BCUT2D eigenvalue weighted by Gasteiger charge is -2.36. The molecule has 8 heteroatoms. The molecular formula is C18H22FNO6. The molecule has 142 valence electrons. The Morgan fingerprint density at radius 1 is 0.923 bits per heavy atom. The number of carbonyl (C=O) groups is 1. The molecule has 1 aromatic rings. The largest absolute Gasteiger partial charge is 0.342 e. The summed E-state index contributed by atoms with van der Waals surface area (Å²) >= 11 is 0. The van der Waals surface area contributed by atoms with E-state index in [9.17, 15) is 9.18 Å². The van der Waals surface area contributed by atoms with E-state index in [0.717, 1.165) is 0 Å². The van der Waals surface area contributed by atoms with Crippen molar-refractivity contribution in [1.29, 1.82) is 0 Å². The number of nitrogens with one attached hydrogen (secondary N) is 1. The van der Waals surface area contributed by atoms with Crippen molar-refractivity contribution in [2.75, 3.05) is 5.32 Å². The molecule has 0 radical (unpaired) electrons. The van der Waals surface area contributed by atoms with Crippen molar-refractivity contribution < 1.29 is 32.9 Å². The molecule has 1 N–H and O–H groups in total. The van der Waals surface area contributed by atoms with E-state index in [0.29, 0.717) is 5.69 Å². The van der Waals surface area contributed by atoms with Crippen LogP contribution in [0.1, 0.15) is 27.7 Å². The van der Waals surface area contributed by atoms with Crippen LogP contribution in [-0.2, 0) is 28.5 Å². The van der Waals surface area contributed by atoms with Gasteiger partial charge in [0.25, 0.3) is 5.91 Å². The maximum atomic E-state index is 13.1. The summed E-state index contributed by atoms with van der Waals surface area (Å²) in [5.41, 5.74) is 0.459. The van der Waals surface area contributed by atoms with Crippen molar-refractivity contribution in [1.82, 2.24) is 0 Å². The van der Waals surface area contributed by atoms with E-state index in [1.165, 1.54) is 24.3 Å². The van der Waals surface area contributed by atoms with Gasteiger partial charge in [0.1, 0.15) is 24.1 Å². The Bertz CT molecular complexity index is 706. The fourth-order valence-electron chi connectivity index (χ4n) is 3.57. The number of rotatable bonds is 2. The number of fused-ring (bicyclic) bond motifs is 3. The summed E-state index contributed by atoms with van der Waals surface area (Å²) in [5, 5.41) is 2.72. The molecule has 4 rings (SSSR count). The van der Waals surface area contributed by atoms with Crippen molar-refractivity contribution in [3.8, 4) is 0 Å². The van der Waals surface area contributed by atoms with Crippen molar-refractivity contribution >= 4 is 11.6 Å². The third-order valence-corrected chi connectivity index (χ3v) is 4.52. The Kier molecular flexibility index (Phi) is 4.09. The second kappa shape index (κ2) is 5.97. The van der Waals surface area contributed by atoms with Gasteiger partial charge in [0.2, 0.25) is 0 Å². The van der Waals surface area contributed by atoms with E-state index in [4.69, 9.17) is 23.7 Å². The van der Waals surface area contributed by atoms with Crippen molar-refractivity contribution in [2.45, 2.75) is 70.0 Å². The lowest BCUT2D eigenvalue weighted by atomic mass is 9.98. The van der Waals surface area contributed by atoms with Crippen LogP contribution >= 0.6 is 0 Å². The van der Waals surface area contributed by atoms with Crippen LogP contribution in [0, 0.1) is 5.82 Å². The van der Waals surface area contributed by atoms with Gasteiger partial charge in [0.15, 0.2) is 24.0 Å². The third kappa shape index (κ3) is 3.23. The molecule has 0 saturated carbocycles. The van der Waals surface area contributed by atoms with Gasteiger partial charge in [0, 0.05) is 5.69 Å². The quantitative estimate of drug-likeness (QED) is 0.863. The van der Waals surface area contributed by atoms with Gasteiger partial charge in [-0.15, -0.1) is 0 Å². The molecule has 3 heterocycles. The molecular weight excluding hydrogens is 345 g/mol. The van der Waals surface area contributed by atoms with Gasteiger partial charge in [-0.05, 0) is 52.0 Å². The minimum absolute atomic E-state index is 0.382. The molecule has 0 aromatic heterocycles. The molecule has 0 spiro atoms. The molecule has 3 aliphatic rings. The van der Waals surface area contributed by atoms with E-state index in [1.54, 1.807) is 27.7 Å². The second-order valence-electron chi connectivity index (χ2n) is 7.59. The monoisotopic (exact) mass is 367 g/mol. The summed E-state index contributed by atoms with van der Waals surface area (Å²) in [6.07, 6.45) is -3.34. The highest BCUT2D eigenvalue weighted by atomic mass is 19.1. The highest BCUT2D eigenvalue weighted by Gasteiger charge is 2.62. The van der Waals surface area contributed by atoms with Crippen molar-refractivity contribution in [3.05, 3.63) is 30.1 Å². The Labute approximate surface area is 150 Å². The van der Waals surface area contributed by atoms with Crippen LogP contribution in [0.4, 0.5) is 10.1 Å².